The smallest absolute Gasteiger partial charge is 0.239 e. The Hall–Kier alpha value is -1.25. The van der Waals surface area contributed by atoms with Crippen LogP contribution in [0.1, 0.15) is 6.92 Å². The van der Waals surface area contributed by atoms with Crippen molar-refractivity contribution >= 4 is 60.5 Å². The van der Waals surface area contributed by atoms with E-state index in [2.05, 4.69) is 15.3 Å². The van der Waals surface area contributed by atoms with Crippen LogP contribution in [0.25, 0.3) is 10.2 Å². The van der Waals surface area contributed by atoms with Crippen LogP contribution in [0.3, 0.4) is 0 Å². The minimum absolute atomic E-state index is 0.0498. The van der Waals surface area contributed by atoms with Crippen molar-refractivity contribution in [3.05, 3.63) is 18.2 Å². The molecule has 0 aliphatic carbocycles. The molecule has 116 valence electrons. The van der Waals surface area contributed by atoms with Crippen LogP contribution >= 0.6 is 34.9 Å². The molecule has 0 saturated heterocycles. The molecule has 0 spiro atoms. The van der Waals surface area contributed by atoms with Crippen LogP contribution in [0, 0.1) is 0 Å². The first-order valence-electron chi connectivity index (χ1n) is 6.75. The highest BCUT2D eigenvalue weighted by atomic mass is 32.2. The van der Waals surface area contributed by atoms with E-state index in [0.29, 0.717) is 5.13 Å². The highest BCUT2D eigenvalue weighted by Crippen LogP contribution is 2.30. The number of hydrogen-bond donors (Lipinski definition) is 1. The van der Waals surface area contributed by atoms with E-state index < -0.39 is 0 Å². The lowest BCUT2D eigenvalue weighted by Crippen LogP contribution is -2.23. The zero-order chi connectivity index (χ0) is 15.5. The molecule has 3 rings (SSSR count). The molecule has 1 amide bonds. The van der Waals surface area contributed by atoms with E-state index in [1.54, 1.807) is 18.9 Å². The monoisotopic (exact) mass is 353 g/mol. The van der Waals surface area contributed by atoms with Crippen LogP contribution in [0.15, 0.2) is 23.2 Å². The van der Waals surface area contributed by atoms with Gasteiger partial charge in [-0.25, -0.2) is 4.98 Å². The Kier molecular flexibility index (Phi) is 4.90. The Balaban J connectivity index is 1.67. The van der Waals surface area contributed by atoms with Crippen molar-refractivity contribution in [3.63, 3.8) is 0 Å². The quantitative estimate of drug-likeness (QED) is 0.912. The van der Waals surface area contributed by atoms with Gasteiger partial charge in [0.05, 0.1) is 29.1 Å². The first-order valence-corrected chi connectivity index (χ1v) is 9.43. The average molecular weight is 353 g/mol. The fraction of sp³-hybridized carbons (Fsp3) is 0.357. The summed E-state index contributed by atoms with van der Waals surface area (Å²) in [7, 11) is 1.63. The molecule has 1 aliphatic heterocycles. The number of fused-ring (bicyclic) bond motifs is 1. The molecule has 1 aromatic heterocycles. The number of carbonyl (C=O) groups is 1. The fourth-order valence-electron chi connectivity index (χ4n) is 1.88. The van der Waals surface area contributed by atoms with Crippen molar-refractivity contribution in [3.8, 4) is 5.75 Å². The van der Waals surface area contributed by atoms with Crippen molar-refractivity contribution in [2.45, 2.75) is 12.2 Å². The number of methoxy groups -OCH3 is 1. The highest BCUT2D eigenvalue weighted by molar-refractivity contribution is 8.39. The second kappa shape index (κ2) is 6.89. The minimum atomic E-state index is -0.189. The van der Waals surface area contributed by atoms with Crippen LogP contribution in [0.2, 0.25) is 0 Å². The summed E-state index contributed by atoms with van der Waals surface area (Å²) in [5.41, 5.74) is 0.858. The van der Waals surface area contributed by atoms with Gasteiger partial charge in [0.15, 0.2) is 5.13 Å². The summed E-state index contributed by atoms with van der Waals surface area (Å²) in [4.78, 5) is 21.0. The molecule has 1 unspecified atom stereocenters. The summed E-state index contributed by atoms with van der Waals surface area (Å²) in [6.45, 7) is 2.73. The first-order chi connectivity index (χ1) is 10.7. The van der Waals surface area contributed by atoms with E-state index in [9.17, 15) is 4.79 Å². The van der Waals surface area contributed by atoms with Crippen molar-refractivity contribution in [1.29, 1.82) is 0 Å². The Morgan fingerprint density at radius 1 is 1.50 bits per heavy atom. The van der Waals surface area contributed by atoms with Gasteiger partial charge in [-0.05, 0) is 25.1 Å². The number of aromatic nitrogens is 1. The van der Waals surface area contributed by atoms with E-state index in [4.69, 9.17) is 4.74 Å². The number of aliphatic imine (C=N–C) groups is 1. The largest absolute Gasteiger partial charge is 0.497 e. The number of carbonyl (C=O) groups excluding carboxylic acids is 1. The molecular formula is C14H15N3O2S3. The Morgan fingerprint density at radius 2 is 2.36 bits per heavy atom. The minimum Gasteiger partial charge on any atom is -0.497 e. The molecular weight excluding hydrogens is 338 g/mol. The van der Waals surface area contributed by atoms with E-state index >= 15 is 0 Å². The number of benzene rings is 1. The molecule has 22 heavy (non-hydrogen) atoms. The third-order valence-corrected chi connectivity index (χ3v) is 6.27. The van der Waals surface area contributed by atoms with Crippen LogP contribution in [-0.4, -0.2) is 39.9 Å². The molecule has 0 bridgehead atoms. The van der Waals surface area contributed by atoms with Crippen molar-refractivity contribution < 1.29 is 9.53 Å². The Bertz CT molecular complexity index is 729. The molecule has 0 fully saturated rings. The number of ether oxygens (including phenoxy) is 1. The molecule has 8 heteroatoms. The maximum atomic E-state index is 12.2. The van der Waals surface area contributed by atoms with Gasteiger partial charge in [-0.2, -0.15) is 0 Å². The lowest BCUT2D eigenvalue weighted by atomic mass is 10.3. The summed E-state index contributed by atoms with van der Waals surface area (Å²) < 4.78 is 7.19. The van der Waals surface area contributed by atoms with Crippen LogP contribution < -0.4 is 10.1 Å². The van der Waals surface area contributed by atoms with Gasteiger partial charge in [0.1, 0.15) is 10.1 Å². The molecule has 1 N–H and O–H groups in total. The van der Waals surface area contributed by atoms with Crippen LogP contribution in [0.4, 0.5) is 5.13 Å². The van der Waals surface area contributed by atoms with Gasteiger partial charge in [-0.1, -0.05) is 34.9 Å². The number of nitrogens with one attached hydrogen (secondary N) is 1. The third kappa shape index (κ3) is 3.56. The number of thiazole rings is 1. The SMILES string of the molecule is COc1ccc2nc(NC(=O)C(C)SC3=NCCS3)sc2c1. The van der Waals surface area contributed by atoms with Gasteiger partial charge in [0.25, 0.3) is 0 Å². The number of nitrogens with zero attached hydrogens (tertiary/aromatic N) is 2. The summed E-state index contributed by atoms with van der Waals surface area (Å²) >= 11 is 4.66. The summed E-state index contributed by atoms with van der Waals surface area (Å²) in [5, 5.41) is 3.31. The lowest BCUT2D eigenvalue weighted by molar-refractivity contribution is -0.115. The van der Waals surface area contributed by atoms with Gasteiger partial charge in [0, 0.05) is 5.75 Å². The van der Waals surface area contributed by atoms with Gasteiger partial charge in [-0.15, -0.1) is 0 Å². The van der Waals surface area contributed by atoms with Gasteiger partial charge in [0.2, 0.25) is 5.91 Å². The Labute approximate surface area is 140 Å². The zero-order valence-electron chi connectivity index (χ0n) is 12.2. The summed E-state index contributed by atoms with van der Waals surface area (Å²) in [5.74, 6) is 1.75. The van der Waals surface area contributed by atoms with Crippen molar-refractivity contribution in [2.24, 2.45) is 4.99 Å². The van der Waals surface area contributed by atoms with Gasteiger partial charge >= 0.3 is 0 Å². The molecule has 2 aromatic rings. The molecule has 0 radical (unpaired) electrons. The number of thioether (sulfide) groups is 2. The Morgan fingerprint density at radius 3 is 3.09 bits per heavy atom. The first kappa shape index (κ1) is 15.6. The van der Waals surface area contributed by atoms with Gasteiger partial charge in [-0.3, -0.25) is 9.79 Å². The average Bonchev–Trinajstić information content (AvgIpc) is 3.14. The molecule has 1 atom stereocenters. The molecule has 1 aliphatic rings. The van der Waals surface area contributed by atoms with E-state index in [1.807, 2.05) is 25.1 Å². The number of hydrogen-bond acceptors (Lipinski definition) is 7. The molecule has 0 saturated carbocycles. The molecule has 1 aromatic carbocycles. The molecule has 2 heterocycles. The fourth-order valence-corrected chi connectivity index (χ4v) is 4.91. The topological polar surface area (TPSA) is 63.6 Å². The predicted molar refractivity (Wildman–Crippen MR) is 96.6 cm³/mol. The molecule has 5 nitrogen and oxygen atoms in total. The van der Waals surface area contributed by atoms with Gasteiger partial charge < -0.3 is 10.1 Å². The van der Waals surface area contributed by atoms with E-state index in [0.717, 1.165) is 32.6 Å². The number of amides is 1. The number of anilines is 1. The van der Waals surface area contributed by atoms with E-state index in [-0.39, 0.29) is 11.2 Å². The summed E-state index contributed by atoms with van der Waals surface area (Å²) in [6.07, 6.45) is 0. The second-order valence-electron chi connectivity index (χ2n) is 4.60. The second-order valence-corrected chi connectivity index (χ2v) is 8.30. The maximum absolute atomic E-state index is 12.2. The van der Waals surface area contributed by atoms with E-state index in [1.165, 1.54) is 23.1 Å². The van der Waals surface area contributed by atoms with Crippen molar-refractivity contribution in [1.82, 2.24) is 4.98 Å². The third-order valence-electron chi connectivity index (χ3n) is 3.03. The van der Waals surface area contributed by atoms with Crippen LogP contribution in [0.5, 0.6) is 5.75 Å². The van der Waals surface area contributed by atoms with Crippen LogP contribution in [-0.2, 0) is 4.79 Å². The maximum Gasteiger partial charge on any atom is 0.239 e. The van der Waals surface area contributed by atoms with Crippen molar-refractivity contribution in [2.75, 3.05) is 24.7 Å². The normalized spacial score (nSPS) is 15.6. The number of rotatable bonds is 4. The standard InChI is InChI=1S/C14H15N3O2S3/c1-8(21-14-15-5-6-20-14)12(18)17-13-16-10-4-3-9(19-2)7-11(10)22-13/h3-4,7-8H,5-6H2,1-2H3,(H,16,17,18). The predicted octanol–water partition coefficient (Wildman–Crippen LogP) is 3.47. The summed E-state index contributed by atoms with van der Waals surface area (Å²) in [6, 6.07) is 5.68. The zero-order valence-corrected chi connectivity index (χ0v) is 14.6. The highest BCUT2D eigenvalue weighted by Gasteiger charge is 2.20. The lowest BCUT2D eigenvalue weighted by Gasteiger charge is -2.09.